The first-order valence-electron chi connectivity index (χ1n) is 9.57. The molecule has 0 unspecified atom stereocenters. The number of nitrogens with one attached hydrogen (secondary N) is 2. The lowest BCUT2D eigenvalue weighted by Gasteiger charge is -2.30. The molecule has 0 bridgehead atoms. The van der Waals surface area contributed by atoms with Crippen LogP contribution in [-0.4, -0.2) is 33.6 Å². The van der Waals surface area contributed by atoms with Crippen molar-refractivity contribution < 1.29 is 14.3 Å². The monoisotopic (exact) mass is 436 g/mol. The van der Waals surface area contributed by atoms with Crippen molar-refractivity contribution in [2.75, 3.05) is 5.32 Å². The molecular formula is C20H25ClN4O3S. The van der Waals surface area contributed by atoms with Crippen LogP contribution in [-0.2, 0) is 17.8 Å². The Hall–Kier alpha value is -2.16. The van der Waals surface area contributed by atoms with Gasteiger partial charge in [0, 0.05) is 17.0 Å². The summed E-state index contributed by atoms with van der Waals surface area (Å²) in [6, 6.07) is 4.96. The van der Waals surface area contributed by atoms with Crippen molar-refractivity contribution >= 4 is 45.4 Å². The van der Waals surface area contributed by atoms with Crippen molar-refractivity contribution in [3.8, 4) is 0 Å². The minimum atomic E-state index is -0.250. The van der Waals surface area contributed by atoms with Crippen LogP contribution in [0.25, 0.3) is 10.2 Å². The number of carbonyl (C=O) groups is 1. The maximum absolute atomic E-state index is 8.36. The molecule has 0 aliphatic heterocycles. The van der Waals surface area contributed by atoms with E-state index in [1.165, 1.54) is 29.7 Å². The fourth-order valence-electron chi connectivity index (χ4n) is 3.32. The van der Waals surface area contributed by atoms with E-state index in [0.717, 1.165) is 28.2 Å². The Kier molecular flexibility index (Phi) is 7.46. The van der Waals surface area contributed by atoms with Crippen LogP contribution in [0, 0.1) is 6.92 Å². The van der Waals surface area contributed by atoms with Gasteiger partial charge in [0.1, 0.15) is 11.6 Å². The van der Waals surface area contributed by atoms with E-state index in [-0.39, 0.29) is 11.8 Å². The number of rotatable bonds is 7. The third kappa shape index (κ3) is 5.46. The Bertz CT molecular complexity index is 941. The zero-order chi connectivity index (χ0) is 20.8. The quantitative estimate of drug-likeness (QED) is 0.366. The van der Waals surface area contributed by atoms with Gasteiger partial charge in [-0.05, 0) is 62.4 Å². The summed E-state index contributed by atoms with van der Waals surface area (Å²) < 4.78 is 6.45. The molecule has 1 aliphatic rings. The molecule has 3 heterocycles. The highest BCUT2D eigenvalue weighted by Crippen LogP contribution is 2.35. The summed E-state index contributed by atoms with van der Waals surface area (Å²) in [5, 5.41) is 14.2. The molecule has 156 valence electrons. The fourth-order valence-corrected chi connectivity index (χ4v) is 4.83. The second-order valence-corrected chi connectivity index (χ2v) is 8.55. The molecule has 4 rings (SSSR count). The Morgan fingerprint density at radius 1 is 1.45 bits per heavy atom. The molecule has 3 aromatic heterocycles. The second-order valence-electron chi connectivity index (χ2n) is 7.11. The largest absolute Gasteiger partial charge is 0.483 e. The third-order valence-electron chi connectivity index (χ3n) is 4.96. The maximum Gasteiger partial charge on any atom is 0.290 e. The average Bonchev–Trinajstić information content (AvgIpc) is 3.27. The first-order valence-corrected chi connectivity index (χ1v) is 10.8. The van der Waals surface area contributed by atoms with E-state index in [0.29, 0.717) is 18.6 Å². The van der Waals surface area contributed by atoms with E-state index in [1.54, 1.807) is 17.6 Å². The van der Waals surface area contributed by atoms with Gasteiger partial charge in [-0.3, -0.25) is 4.79 Å². The standard InChI is InChI=1S/C19H23ClN4OS.CH2O2/c1-11(22-13-5-3-6-13)9-15-12(2)16-17(26-15)18(24-19(20)23-16)21-10-14-7-4-8-25-14;2-1-3/h4,7-8,11,13,22H,3,5-6,9-10H2,1-2H3,(H,21,23,24);1H,(H,2,3)/t11-;/m0./s1. The highest BCUT2D eigenvalue weighted by atomic mass is 35.5. The number of hydrogen-bond donors (Lipinski definition) is 3. The number of aryl methyl sites for hydroxylation is 1. The van der Waals surface area contributed by atoms with Gasteiger partial charge in [0.25, 0.3) is 6.47 Å². The lowest BCUT2D eigenvalue weighted by molar-refractivity contribution is -0.122. The van der Waals surface area contributed by atoms with Gasteiger partial charge >= 0.3 is 0 Å². The number of hydrogen-bond acceptors (Lipinski definition) is 7. The van der Waals surface area contributed by atoms with Crippen molar-refractivity contribution in [2.45, 2.75) is 58.2 Å². The van der Waals surface area contributed by atoms with Crippen LogP contribution < -0.4 is 10.6 Å². The number of halogens is 1. The lowest BCUT2D eigenvalue weighted by Crippen LogP contribution is -2.41. The van der Waals surface area contributed by atoms with Crippen LogP contribution in [0.2, 0.25) is 5.28 Å². The van der Waals surface area contributed by atoms with Crippen LogP contribution in [0.5, 0.6) is 0 Å². The maximum atomic E-state index is 8.36. The lowest BCUT2D eigenvalue weighted by atomic mass is 9.92. The molecule has 0 radical (unpaired) electrons. The van der Waals surface area contributed by atoms with Gasteiger partial charge in [-0.1, -0.05) is 6.42 Å². The summed E-state index contributed by atoms with van der Waals surface area (Å²) >= 11 is 7.93. The molecule has 0 aromatic carbocycles. The van der Waals surface area contributed by atoms with E-state index >= 15 is 0 Å². The molecule has 0 spiro atoms. The minimum Gasteiger partial charge on any atom is -0.483 e. The molecule has 3 N–H and O–H groups in total. The van der Waals surface area contributed by atoms with E-state index in [4.69, 9.17) is 25.9 Å². The number of carboxylic acid groups (broad SMARTS) is 1. The predicted octanol–water partition coefficient (Wildman–Crippen LogP) is 4.63. The van der Waals surface area contributed by atoms with Crippen LogP contribution >= 0.6 is 22.9 Å². The number of nitrogens with zero attached hydrogens (tertiary/aromatic N) is 2. The predicted molar refractivity (Wildman–Crippen MR) is 116 cm³/mol. The fraction of sp³-hybridized carbons (Fsp3) is 0.450. The molecule has 1 atom stereocenters. The van der Waals surface area contributed by atoms with E-state index < -0.39 is 0 Å². The number of furan rings is 1. The van der Waals surface area contributed by atoms with E-state index in [1.807, 2.05) is 12.1 Å². The number of aromatic nitrogens is 2. The first kappa shape index (κ1) is 21.5. The molecule has 3 aromatic rings. The Labute approximate surface area is 178 Å². The zero-order valence-corrected chi connectivity index (χ0v) is 18.0. The Balaban J connectivity index is 0.000000755. The van der Waals surface area contributed by atoms with Gasteiger partial charge in [-0.25, -0.2) is 4.98 Å². The summed E-state index contributed by atoms with van der Waals surface area (Å²) in [7, 11) is 0. The average molecular weight is 437 g/mol. The number of thiophene rings is 1. The third-order valence-corrected chi connectivity index (χ3v) is 6.44. The van der Waals surface area contributed by atoms with Crippen molar-refractivity contribution in [1.29, 1.82) is 0 Å². The molecular weight excluding hydrogens is 412 g/mol. The van der Waals surface area contributed by atoms with Crippen LogP contribution in [0.3, 0.4) is 0 Å². The summed E-state index contributed by atoms with van der Waals surface area (Å²) in [6.07, 6.45) is 6.63. The summed E-state index contributed by atoms with van der Waals surface area (Å²) in [4.78, 5) is 18.6. The molecule has 7 nitrogen and oxygen atoms in total. The van der Waals surface area contributed by atoms with Crippen LogP contribution in [0.1, 0.15) is 42.4 Å². The van der Waals surface area contributed by atoms with Gasteiger partial charge in [-0.2, -0.15) is 4.98 Å². The van der Waals surface area contributed by atoms with Crippen molar-refractivity contribution in [2.24, 2.45) is 0 Å². The van der Waals surface area contributed by atoms with Crippen molar-refractivity contribution in [3.63, 3.8) is 0 Å². The molecule has 9 heteroatoms. The molecule has 1 aliphatic carbocycles. The number of anilines is 1. The Morgan fingerprint density at radius 2 is 2.21 bits per heavy atom. The van der Waals surface area contributed by atoms with Crippen molar-refractivity contribution in [3.05, 3.63) is 39.9 Å². The topological polar surface area (TPSA) is 100 Å². The van der Waals surface area contributed by atoms with Gasteiger partial charge in [0.15, 0.2) is 0 Å². The smallest absolute Gasteiger partial charge is 0.290 e. The second kappa shape index (κ2) is 10.0. The zero-order valence-electron chi connectivity index (χ0n) is 16.4. The molecule has 0 saturated heterocycles. The SMILES string of the molecule is Cc1c(C[C@H](C)NC2CCC2)sc2c(NCc3ccco3)nc(Cl)nc12.O=CO. The van der Waals surface area contributed by atoms with Gasteiger partial charge < -0.3 is 20.2 Å². The van der Waals surface area contributed by atoms with E-state index in [9.17, 15) is 0 Å². The van der Waals surface area contributed by atoms with Crippen molar-refractivity contribution in [1.82, 2.24) is 15.3 Å². The molecule has 29 heavy (non-hydrogen) atoms. The summed E-state index contributed by atoms with van der Waals surface area (Å²) in [6.45, 7) is 4.71. The summed E-state index contributed by atoms with van der Waals surface area (Å²) in [5.74, 6) is 1.63. The highest BCUT2D eigenvalue weighted by molar-refractivity contribution is 7.19. The minimum absolute atomic E-state index is 0.250. The normalized spacial score (nSPS) is 14.7. The Morgan fingerprint density at radius 3 is 2.83 bits per heavy atom. The van der Waals surface area contributed by atoms with Crippen LogP contribution in [0.15, 0.2) is 22.8 Å². The van der Waals surface area contributed by atoms with Gasteiger partial charge in [-0.15, -0.1) is 11.3 Å². The highest BCUT2D eigenvalue weighted by Gasteiger charge is 2.21. The van der Waals surface area contributed by atoms with Gasteiger partial charge in [0.05, 0.1) is 23.0 Å². The molecule has 1 saturated carbocycles. The van der Waals surface area contributed by atoms with Gasteiger partial charge in [0.2, 0.25) is 5.28 Å². The molecule has 0 amide bonds. The summed E-state index contributed by atoms with van der Waals surface area (Å²) in [5.41, 5.74) is 2.15. The number of fused-ring (bicyclic) bond motifs is 1. The first-order chi connectivity index (χ1) is 14.0. The van der Waals surface area contributed by atoms with Crippen LogP contribution in [0.4, 0.5) is 5.82 Å². The van der Waals surface area contributed by atoms with E-state index in [2.05, 4.69) is 34.4 Å². The molecule has 1 fully saturated rings.